The fourth-order valence-electron chi connectivity index (χ4n) is 3.11. The van der Waals surface area contributed by atoms with Crippen molar-refractivity contribution >= 4 is 5.82 Å². The van der Waals surface area contributed by atoms with Gasteiger partial charge in [0.1, 0.15) is 11.6 Å². The molecule has 2 N–H and O–H groups in total. The zero-order valence-electron chi connectivity index (χ0n) is 13.8. The summed E-state index contributed by atoms with van der Waals surface area (Å²) in [6.07, 6.45) is 0.944. The average Bonchev–Trinajstić information content (AvgIpc) is 3.09. The van der Waals surface area contributed by atoms with Crippen LogP contribution in [0, 0.1) is 5.82 Å². The van der Waals surface area contributed by atoms with E-state index in [9.17, 15) is 4.39 Å². The molecule has 1 aliphatic rings. The van der Waals surface area contributed by atoms with Crippen molar-refractivity contribution in [3.63, 3.8) is 0 Å². The van der Waals surface area contributed by atoms with E-state index in [2.05, 4.69) is 14.9 Å². The predicted octanol–water partition coefficient (Wildman–Crippen LogP) is 3.49. The molecule has 2 heterocycles. The number of halogens is 1. The van der Waals surface area contributed by atoms with E-state index in [1.165, 1.54) is 12.1 Å². The molecule has 4 rings (SSSR count). The molecule has 1 atom stereocenters. The zero-order chi connectivity index (χ0) is 17.2. The topological polar surface area (TPSA) is 55.0 Å². The van der Waals surface area contributed by atoms with Gasteiger partial charge >= 0.3 is 0 Å². The Balaban J connectivity index is 1.83. The summed E-state index contributed by atoms with van der Waals surface area (Å²) in [5.41, 5.74) is 8.55. The predicted molar refractivity (Wildman–Crippen MR) is 97.7 cm³/mol. The Morgan fingerprint density at radius 3 is 2.48 bits per heavy atom. The second-order valence-electron chi connectivity index (χ2n) is 6.31. The summed E-state index contributed by atoms with van der Waals surface area (Å²) in [7, 11) is 0. The SMILES string of the molecule is NC1CCN(c2cc(-c3ccccc3)nc(-c3cccc(F)c3)n2)C1. The molecule has 0 aliphatic carbocycles. The molecule has 5 heteroatoms. The molecular weight excluding hydrogens is 315 g/mol. The molecule has 1 fully saturated rings. The quantitative estimate of drug-likeness (QED) is 0.797. The molecule has 1 aromatic heterocycles. The van der Waals surface area contributed by atoms with Gasteiger partial charge in [0.2, 0.25) is 0 Å². The number of nitrogens with zero attached hydrogens (tertiary/aromatic N) is 3. The smallest absolute Gasteiger partial charge is 0.162 e. The Morgan fingerprint density at radius 2 is 1.76 bits per heavy atom. The van der Waals surface area contributed by atoms with Crippen molar-refractivity contribution in [2.75, 3.05) is 18.0 Å². The first-order chi connectivity index (χ1) is 12.2. The molecular formula is C20H19FN4. The maximum atomic E-state index is 13.6. The minimum absolute atomic E-state index is 0.160. The number of anilines is 1. The van der Waals surface area contributed by atoms with Crippen LogP contribution in [0.1, 0.15) is 6.42 Å². The Morgan fingerprint density at radius 1 is 0.960 bits per heavy atom. The van der Waals surface area contributed by atoms with Crippen molar-refractivity contribution in [1.82, 2.24) is 9.97 Å². The highest BCUT2D eigenvalue weighted by molar-refractivity contribution is 5.68. The Kier molecular flexibility index (Phi) is 4.15. The van der Waals surface area contributed by atoms with Gasteiger partial charge in [-0.05, 0) is 18.6 Å². The Labute approximate surface area is 146 Å². The first-order valence-corrected chi connectivity index (χ1v) is 8.40. The summed E-state index contributed by atoms with van der Waals surface area (Å²) in [4.78, 5) is 11.5. The van der Waals surface area contributed by atoms with Crippen LogP contribution in [0.25, 0.3) is 22.6 Å². The summed E-state index contributed by atoms with van der Waals surface area (Å²) >= 11 is 0. The highest BCUT2D eigenvalue weighted by Crippen LogP contribution is 2.27. The van der Waals surface area contributed by atoms with Crippen LogP contribution in [-0.2, 0) is 0 Å². The van der Waals surface area contributed by atoms with E-state index in [0.717, 1.165) is 36.6 Å². The first kappa shape index (κ1) is 15.7. The Hall–Kier alpha value is -2.79. The molecule has 2 aromatic carbocycles. The van der Waals surface area contributed by atoms with Crippen molar-refractivity contribution in [3.8, 4) is 22.6 Å². The first-order valence-electron chi connectivity index (χ1n) is 8.40. The van der Waals surface area contributed by atoms with Gasteiger partial charge in [0, 0.05) is 36.3 Å². The molecule has 4 nitrogen and oxygen atoms in total. The lowest BCUT2D eigenvalue weighted by Crippen LogP contribution is -2.27. The lowest BCUT2D eigenvalue weighted by Gasteiger charge is -2.18. The van der Waals surface area contributed by atoms with E-state index >= 15 is 0 Å². The molecule has 1 aliphatic heterocycles. The fourth-order valence-corrected chi connectivity index (χ4v) is 3.11. The van der Waals surface area contributed by atoms with Gasteiger partial charge < -0.3 is 10.6 Å². The molecule has 0 saturated carbocycles. The maximum Gasteiger partial charge on any atom is 0.162 e. The molecule has 25 heavy (non-hydrogen) atoms. The van der Waals surface area contributed by atoms with Crippen LogP contribution in [0.3, 0.4) is 0 Å². The number of hydrogen-bond acceptors (Lipinski definition) is 4. The van der Waals surface area contributed by atoms with Crippen LogP contribution in [0.2, 0.25) is 0 Å². The third-order valence-corrected chi connectivity index (χ3v) is 4.41. The van der Waals surface area contributed by atoms with E-state index in [-0.39, 0.29) is 11.9 Å². The summed E-state index contributed by atoms with van der Waals surface area (Å²) in [5.74, 6) is 1.06. The number of hydrogen-bond donors (Lipinski definition) is 1. The molecule has 3 aromatic rings. The minimum Gasteiger partial charge on any atom is -0.355 e. The van der Waals surface area contributed by atoms with Gasteiger partial charge in [0.15, 0.2) is 5.82 Å². The van der Waals surface area contributed by atoms with Crippen LogP contribution in [0.5, 0.6) is 0 Å². The summed E-state index contributed by atoms with van der Waals surface area (Å²) in [5, 5.41) is 0. The van der Waals surface area contributed by atoms with Crippen molar-refractivity contribution in [3.05, 3.63) is 66.5 Å². The fraction of sp³-hybridized carbons (Fsp3) is 0.200. The minimum atomic E-state index is -0.295. The highest BCUT2D eigenvalue weighted by Gasteiger charge is 2.22. The summed E-state index contributed by atoms with van der Waals surface area (Å²) in [6, 6.07) is 18.5. The third-order valence-electron chi connectivity index (χ3n) is 4.41. The van der Waals surface area contributed by atoms with Crippen molar-refractivity contribution < 1.29 is 4.39 Å². The number of rotatable bonds is 3. The lowest BCUT2D eigenvalue weighted by atomic mass is 10.1. The second-order valence-corrected chi connectivity index (χ2v) is 6.31. The monoisotopic (exact) mass is 334 g/mol. The molecule has 1 saturated heterocycles. The van der Waals surface area contributed by atoms with E-state index in [1.54, 1.807) is 6.07 Å². The van der Waals surface area contributed by atoms with Crippen molar-refractivity contribution in [1.29, 1.82) is 0 Å². The van der Waals surface area contributed by atoms with Crippen molar-refractivity contribution in [2.45, 2.75) is 12.5 Å². The van der Waals surface area contributed by atoms with E-state index in [1.807, 2.05) is 42.5 Å². The lowest BCUT2D eigenvalue weighted by molar-refractivity contribution is 0.628. The van der Waals surface area contributed by atoms with Gasteiger partial charge in [-0.25, -0.2) is 14.4 Å². The van der Waals surface area contributed by atoms with Gasteiger partial charge in [-0.1, -0.05) is 42.5 Å². The normalized spacial score (nSPS) is 17.0. The van der Waals surface area contributed by atoms with Gasteiger partial charge in [-0.2, -0.15) is 0 Å². The van der Waals surface area contributed by atoms with Gasteiger partial charge in [-0.15, -0.1) is 0 Å². The van der Waals surface area contributed by atoms with Crippen LogP contribution < -0.4 is 10.6 Å². The van der Waals surface area contributed by atoms with Gasteiger partial charge in [0.25, 0.3) is 0 Å². The van der Waals surface area contributed by atoms with Crippen LogP contribution >= 0.6 is 0 Å². The average molecular weight is 334 g/mol. The summed E-state index contributed by atoms with van der Waals surface area (Å²) in [6.45, 7) is 1.64. The molecule has 126 valence electrons. The third kappa shape index (κ3) is 3.37. The van der Waals surface area contributed by atoms with Crippen molar-refractivity contribution in [2.24, 2.45) is 5.73 Å². The zero-order valence-corrected chi connectivity index (χ0v) is 13.8. The van der Waals surface area contributed by atoms with Gasteiger partial charge in [-0.3, -0.25) is 0 Å². The van der Waals surface area contributed by atoms with E-state index in [0.29, 0.717) is 11.4 Å². The van der Waals surface area contributed by atoms with Crippen LogP contribution in [0.4, 0.5) is 10.2 Å². The second kappa shape index (κ2) is 6.61. The summed E-state index contributed by atoms with van der Waals surface area (Å²) < 4.78 is 13.6. The van der Waals surface area contributed by atoms with Crippen LogP contribution in [0.15, 0.2) is 60.7 Å². The number of nitrogens with two attached hydrogens (primary N) is 1. The largest absolute Gasteiger partial charge is 0.355 e. The van der Waals surface area contributed by atoms with E-state index in [4.69, 9.17) is 5.73 Å². The maximum absolute atomic E-state index is 13.6. The highest BCUT2D eigenvalue weighted by atomic mass is 19.1. The number of benzene rings is 2. The molecule has 1 unspecified atom stereocenters. The Bertz CT molecular complexity index is 882. The van der Waals surface area contributed by atoms with Crippen LogP contribution in [-0.4, -0.2) is 29.1 Å². The van der Waals surface area contributed by atoms with E-state index < -0.39 is 0 Å². The molecule has 0 amide bonds. The molecule has 0 spiro atoms. The molecule has 0 radical (unpaired) electrons. The standard InChI is InChI=1S/C20H19FN4/c21-16-8-4-7-15(11-16)20-23-18(14-5-2-1-3-6-14)12-19(24-20)25-10-9-17(22)13-25/h1-8,11-12,17H,9-10,13,22H2. The van der Waals surface area contributed by atoms with Gasteiger partial charge in [0.05, 0.1) is 5.69 Å². The molecule has 0 bridgehead atoms. The number of aromatic nitrogens is 2.